The van der Waals surface area contributed by atoms with Crippen molar-refractivity contribution in [2.45, 2.75) is 58.3 Å². The molecule has 0 bridgehead atoms. The number of Topliss-reactive ketones (excluding diaryl/α,β-unsaturated/α-hetero) is 1. The number of ketones is 1. The Hall–Kier alpha value is -15.9. The maximum Gasteiger partial charge on any atom is 0.171 e. The number of allylic oxidation sites excluding steroid dienone is 2. The number of hydrogen-bond donors (Lipinski definition) is 11. The summed E-state index contributed by atoms with van der Waals surface area (Å²) >= 11 is 10.6. The van der Waals surface area contributed by atoms with Gasteiger partial charge in [-0.05, 0) is 247 Å². The number of ether oxygens (including phenoxy) is 12. The van der Waals surface area contributed by atoms with E-state index in [9.17, 15) is 61.0 Å². The van der Waals surface area contributed by atoms with Crippen molar-refractivity contribution in [3.63, 3.8) is 0 Å². The van der Waals surface area contributed by atoms with Crippen molar-refractivity contribution in [1.29, 1.82) is 0 Å². The SMILES string of the molecule is COc1ccc(/C=C2/c3cc(OC)cc(OC)c3[C@@H](c3ccc(OC)cc3)[C@@H]2c2cc(OC)cc(OC)c2)cc1.COc1ccc(CSC2c3cc(OC)cc(OC)c3[C@@H](c3ccc(OC)cc3)[C@@H]2c2cc(OC)cc(OC)c2)cc1.O=C1c2cc(O)cc(O)c2[C@@H](c2ccc(O)cc2)[C@@H]1c1cc(O)cc(O)c1.Oc1ccc(/C=C2/c3cc(O)cc(O)c3[C@@H](c3ccc(O)cc3)C2c2cc(O)cc(O)c2)cc1.S=S=S=S. The lowest BCUT2D eigenvalue weighted by Crippen LogP contribution is -2.13. The third kappa shape index (κ3) is 23.0. The van der Waals surface area contributed by atoms with Crippen LogP contribution in [0.5, 0.6) is 132 Å². The van der Waals surface area contributed by atoms with E-state index in [1.165, 1.54) is 83.0 Å². The highest BCUT2D eigenvalue weighted by Gasteiger charge is 2.49. The van der Waals surface area contributed by atoms with Crippen LogP contribution in [0, 0.1) is 0 Å². The second-order valence-electron chi connectivity index (χ2n) is 34.6. The monoisotopic (exact) mass is 2060 g/mol. The van der Waals surface area contributed by atoms with Crippen LogP contribution in [0.2, 0.25) is 0 Å². The fourth-order valence-corrected chi connectivity index (χ4v) is 21.4. The Morgan fingerprint density at radius 3 is 0.973 bits per heavy atom. The van der Waals surface area contributed by atoms with Gasteiger partial charge in [0, 0.05) is 169 Å². The molecule has 0 saturated carbocycles. The van der Waals surface area contributed by atoms with E-state index >= 15 is 0 Å². The minimum atomic E-state index is -0.824. The topological polar surface area (TPSA) is 350 Å². The summed E-state index contributed by atoms with van der Waals surface area (Å²) in [6.45, 7) is 0. The number of thioether (sulfide) groups is 1. The molecule has 750 valence electrons. The van der Waals surface area contributed by atoms with Crippen molar-refractivity contribution < 1.29 is 118 Å². The van der Waals surface area contributed by atoms with Crippen molar-refractivity contribution in [3.8, 4) is 132 Å². The summed E-state index contributed by atoms with van der Waals surface area (Å²) in [6.07, 6.45) is 4.13. The van der Waals surface area contributed by atoms with Crippen LogP contribution in [0.3, 0.4) is 0 Å². The maximum absolute atomic E-state index is 13.1. The molecule has 0 fully saturated rings. The summed E-state index contributed by atoms with van der Waals surface area (Å²) in [7, 11) is 22.6. The van der Waals surface area contributed by atoms with Crippen molar-refractivity contribution >= 4 is 81.0 Å². The largest absolute Gasteiger partial charge is 0.508 e. The third-order valence-electron chi connectivity index (χ3n) is 26.3. The number of phenols is 11. The lowest BCUT2D eigenvalue weighted by molar-refractivity contribution is 0.0967. The number of carbonyl (C=O) groups is 1. The molecule has 15 aromatic rings. The quantitative estimate of drug-likeness (QED) is 0.0253. The second kappa shape index (κ2) is 47.1. The summed E-state index contributed by atoms with van der Waals surface area (Å²) in [6, 6.07) is 86.5. The number of benzene rings is 15. The van der Waals surface area contributed by atoms with E-state index in [0.717, 1.165) is 142 Å². The van der Waals surface area contributed by atoms with Crippen LogP contribution in [0.1, 0.15) is 163 Å². The van der Waals surface area contributed by atoms with E-state index < -0.39 is 23.7 Å². The molecule has 4 aliphatic carbocycles. The molecular weight excluding hydrogens is 1950 g/mol. The average Bonchev–Trinajstić information content (AvgIpc) is 1.59. The van der Waals surface area contributed by atoms with Gasteiger partial charge >= 0.3 is 0 Å². The highest BCUT2D eigenvalue weighted by molar-refractivity contribution is 8.51. The van der Waals surface area contributed by atoms with Gasteiger partial charge in [-0.2, -0.15) is 0 Å². The van der Waals surface area contributed by atoms with E-state index in [-0.39, 0.29) is 104 Å². The molecule has 0 spiro atoms. The van der Waals surface area contributed by atoms with Crippen molar-refractivity contribution in [3.05, 3.63) is 397 Å². The smallest absolute Gasteiger partial charge is 0.171 e. The van der Waals surface area contributed by atoms with Gasteiger partial charge in [-0.1, -0.05) is 97.1 Å². The van der Waals surface area contributed by atoms with E-state index in [1.807, 2.05) is 90.6 Å². The highest BCUT2D eigenvalue weighted by atomic mass is 33.2. The zero-order valence-corrected chi connectivity index (χ0v) is 85.6. The number of aromatic hydroxyl groups is 11. The third-order valence-corrected chi connectivity index (χ3v) is 29.9. The summed E-state index contributed by atoms with van der Waals surface area (Å²) in [5, 5.41) is 111. The predicted octanol–water partition coefficient (Wildman–Crippen LogP) is 23.6. The maximum atomic E-state index is 13.1. The number of fused-ring (bicyclic) bond motifs is 4. The van der Waals surface area contributed by atoms with Crippen LogP contribution in [0.15, 0.2) is 291 Å². The molecule has 0 saturated heterocycles. The first-order valence-corrected chi connectivity index (χ1v) is 50.9. The van der Waals surface area contributed by atoms with Crippen LogP contribution in [-0.4, -0.2) is 147 Å². The molecule has 2 unspecified atom stereocenters. The molecule has 9 atom stereocenters. The Bertz CT molecular complexity index is 7260. The van der Waals surface area contributed by atoms with E-state index in [2.05, 4.69) is 113 Å². The number of carbonyl (C=O) groups excluding carboxylic acids is 1. The number of hydrogen-bond acceptors (Lipinski definition) is 27. The minimum Gasteiger partial charge on any atom is -0.508 e. The summed E-state index contributed by atoms with van der Waals surface area (Å²) in [5.41, 5.74) is 18.2. The lowest BCUT2D eigenvalue weighted by Gasteiger charge is -2.27. The zero-order valence-electron chi connectivity index (χ0n) is 81.5. The Morgan fingerprint density at radius 1 is 0.253 bits per heavy atom. The van der Waals surface area contributed by atoms with Crippen molar-refractivity contribution in [2.24, 2.45) is 0 Å². The molecule has 11 N–H and O–H groups in total. The molecule has 24 nitrogen and oxygen atoms in total. The Balaban J connectivity index is 0.000000146. The van der Waals surface area contributed by atoms with Gasteiger partial charge in [-0.15, -0.1) is 11.8 Å². The average molecular weight is 2060 g/mol. The predicted molar refractivity (Wildman–Crippen MR) is 575 cm³/mol. The number of methoxy groups -OCH3 is 12. The van der Waals surface area contributed by atoms with Gasteiger partial charge in [0.05, 0.1) is 91.2 Å². The molecule has 0 amide bonds. The molecule has 0 radical (unpaired) electrons. The fourth-order valence-electron chi connectivity index (χ4n) is 19.9. The van der Waals surface area contributed by atoms with Crippen LogP contribution in [-0.2, 0) is 45.9 Å². The lowest BCUT2D eigenvalue weighted by atomic mass is 9.79. The summed E-state index contributed by atoms with van der Waals surface area (Å²) in [5.74, 6) is 6.42. The molecule has 0 aliphatic heterocycles. The van der Waals surface area contributed by atoms with Gasteiger partial charge in [-0.3, -0.25) is 4.79 Å². The molecular formula is C117H108O24S5. The van der Waals surface area contributed by atoms with Gasteiger partial charge in [0.25, 0.3) is 0 Å². The van der Waals surface area contributed by atoms with Crippen LogP contribution < -0.4 is 56.8 Å². The molecule has 4 aliphatic rings. The Kier molecular flexibility index (Phi) is 33.7. The summed E-state index contributed by atoms with van der Waals surface area (Å²) < 4.78 is 68.0. The molecule has 19 rings (SSSR count). The molecule has 0 heterocycles. The summed E-state index contributed by atoms with van der Waals surface area (Å²) in [4.78, 5) is 13.1. The van der Waals surface area contributed by atoms with E-state index in [0.29, 0.717) is 33.4 Å². The van der Waals surface area contributed by atoms with Crippen LogP contribution in [0.4, 0.5) is 0 Å². The zero-order chi connectivity index (χ0) is 104. The number of rotatable bonds is 25. The van der Waals surface area contributed by atoms with Crippen LogP contribution >= 0.6 is 11.8 Å². The Morgan fingerprint density at radius 2 is 0.562 bits per heavy atom. The molecule has 0 aromatic heterocycles. The van der Waals surface area contributed by atoms with Crippen LogP contribution in [0.25, 0.3) is 23.3 Å². The van der Waals surface area contributed by atoms with Crippen molar-refractivity contribution in [1.82, 2.24) is 0 Å². The first-order valence-electron chi connectivity index (χ1n) is 45.9. The van der Waals surface area contributed by atoms with Gasteiger partial charge in [0.1, 0.15) is 132 Å². The van der Waals surface area contributed by atoms with Gasteiger partial charge in [0.15, 0.2) is 5.78 Å². The fraction of sp³-hybridized carbons (Fsp3) is 0.188. The van der Waals surface area contributed by atoms with E-state index in [4.69, 9.17) is 56.8 Å². The van der Waals surface area contributed by atoms with Gasteiger partial charge in [0.2, 0.25) is 0 Å². The first-order chi connectivity index (χ1) is 70.6. The van der Waals surface area contributed by atoms with Crippen molar-refractivity contribution in [2.75, 3.05) is 85.3 Å². The molecule has 15 aromatic carbocycles. The van der Waals surface area contributed by atoms with E-state index in [1.54, 1.807) is 164 Å². The molecule has 146 heavy (non-hydrogen) atoms. The highest BCUT2D eigenvalue weighted by Crippen LogP contribution is 2.65. The minimum absolute atomic E-state index is 0.00180. The molecule has 29 heteroatoms. The first kappa shape index (κ1) is 104. The standard InChI is InChI=1S/C34H36O6S.C34H34O6.C28H22O6.C21H16O6.S4/c1-35-24-11-7-21(8-12-24)20-41-34-29-18-28(39-5)19-30(40-6)33(29)31(22-9-13-25(36-2)14-10-22)32(34)23-15-26(37-3)17-27(16-23)38-4;1-35-24-11-7-21(8-12-24)15-29-30-19-28(39-5)20-31(40-6)34(30)33(22-9-13-25(36-2)14-10-22)32(29)23-16-26(37-3)18-27(17-23)38-4;29-18-5-1-15(2-6-18)9-23-24-13-22(33)14-25(34)28(24)27(16-3-7-19(30)8-4-16)26(23)17-10-20(31)12-21(32)11-17;22-12-3-1-10(2-4-12)18-19(11-5-13(23)7-14(24)6-11)21(27)16-8-15(25)9-17(26)20(16)18;1-3-4-2/h7-19,31-32,34H,20H2,1-6H3;7-20,32-33H,1-6H3;1-14,26-27,29-34H;1-9,18-19,22-26H;/b;29-15-;23-9-;;/t31-,32-,34?;32-,33+;26?,27-;18-,19-;/m0100./s1. The second-order valence-corrected chi connectivity index (χ2v) is 39.2. The van der Waals surface area contributed by atoms with Gasteiger partial charge in [-0.25, -0.2) is 0 Å². The number of phenolic OH excluding ortho intramolecular Hbond substituents is 11. The normalized spacial score (nSPS) is 17.3. The van der Waals surface area contributed by atoms with Gasteiger partial charge < -0.3 is 113 Å². The Labute approximate surface area is 865 Å².